The lowest BCUT2D eigenvalue weighted by molar-refractivity contribution is 0.102. The molecular weight excluding hydrogens is 330 g/mol. The molecule has 1 fully saturated rings. The highest BCUT2D eigenvalue weighted by atomic mass is 16.5. The van der Waals surface area contributed by atoms with E-state index in [2.05, 4.69) is 27.9 Å². The van der Waals surface area contributed by atoms with Gasteiger partial charge in [-0.25, -0.2) is 4.68 Å². The molecule has 0 saturated carbocycles. The van der Waals surface area contributed by atoms with Gasteiger partial charge in [0.05, 0.1) is 17.8 Å². The smallest absolute Gasteiger partial charge is 0.278 e. The lowest BCUT2D eigenvalue weighted by Crippen LogP contribution is -2.30. The van der Waals surface area contributed by atoms with Crippen molar-refractivity contribution < 1.29 is 9.53 Å². The molecule has 26 heavy (non-hydrogen) atoms. The van der Waals surface area contributed by atoms with E-state index in [-0.39, 0.29) is 12.0 Å². The van der Waals surface area contributed by atoms with E-state index in [9.17, 15) is 4.79 Å². The third-order valence-electron chi connectivity index (χ3n) is 4.82. The minimum Gasteiger partial charge on any atom is -0.491 e. The van der Waals surface area contributed by atoms with E-state index in [1.165, 1.54) is 0 Å². The normalized spacial score (nSPS) is 16.3. The number of hydrogen-bond acceptors (Lipinski definition) is 5. The Balaban J connectivity index is 1.65. The van der Waals surface area contributed by atoms with E-state index in [0.717, 1.165) is 43.8 Å². The first kappa shape index (κ1) is 18.4. The van der Waals surface area contributed by atoms with Crippen LogP contribution in [0.25, 0.3) is 0 Å². The summed E-state index contributed by atoms with van der Waals surface area (Å²) in [6, 6.07) is 7.70. The second-order valence-electron chi connectivity index (χ2n) is 6.76. The quantitative estimate of drug-likeness (QED) is 0.831. The predicted octanol–water partition coefficient (Wildman–Crippen LogP) is 2.94. The second-order valence-corrected chi connectivity index (χ2v) is 6.76. The van der Waals surface area contributed by atoms with E-state index < -0.39 is 0 Å². The molecule has 0 bridgehead atoms. The Hall–Kier alpha value is -2.41. The zero-order valence-corrected chi connectivity index (χ0v) is 15.7. The minimum absolute atomic E-state index is 0.170. The van der Waals surface area contributed by atoms with E-state index in [0.29, 0.717) is 17.4 Å². The fourth-order valence-electron chi connectivity index (χ4n) is 3.07. The molecule has 1 aliphatic rings. The molecular formula is C19H27N5O2. The molecule has 0 radical (unpaired) electrons. The highest BCUT2D eigenvalue weighted by Gasteiger charge is 2.22. The Morgan fingerprint density at radius 1 is 1.35 bits per heavy atom. The fourth-order valence-corrected chi connectivity index (χ4v) is 3.07. The summed E-state index contributed by atoms with van der Waals surface area (Å²) in [6.45, 7) is 7.95. The van der Waals surface area contributed by atoms with Gasteiger partial charge in [0.1, 0.15) is 5.75 Å². The van der Waals surface area contributed by atoms with Crippen LogP contribution in [0.15, 0.2) is 24.3 Å². The number of nitrogens with zero attached hydrogens (tertiary/aromatic N) is 3. The van der Waals surface area contributed by atoms with Crippen molar-refractivity contribution >= 4 is 11.6 Å². The van der Waals surface area contributed by atoms with Crippen molar-refractivity contribution in [3.05, 3.63) is 35.7 Å². The SMILES string of the molecule is CCC(C)Oc1ccc(NC(=O)c2nnn(C3CCNCC3)c2C)cc1. The van der Waals surface area contributed by atoms with Crippen molar-refractivity contribution in [2.24, 2.45) is 0 Å². The molecule has 0 aliphatic carbocycles. The van der Waals surface area contributed by atoms with Gasteiger partial charge in [0.15, 0.2) is 5.69 Å². The molecule has 7 heteroatoms. The number of nitrogens with one attached hydrogen (secondary N) is 2. The van der Waals surface area contributed by atoms with Crippen molar-refractivity contribution in [3.63, 3.8) is 0 Å². The Labute approximate surface area is 154 Å². The van der Waals surface area contributed by atoms with Crippen molar-refractivity contribution in [1.29, 1.82) is 0 Å². The third-order valence-corrected chi connectivity index (χ3v) is 4.82. The summed E-state index contributed by atoms with van der Waals surface area (Å²) in [7, 11) is 0. The number of carbonyl (C=O) groups is 1. The first-order chi connectivity index (χ1) is 12.6. The van der Waals surface area contributed by atoms with Crippen molar-refractivity contribution in [3.8, 4) is 5.75 Å². The second kappa shape index (κ2) is 8.31. The average molecular weight is 357 g/mol. The van der Waals surface area contributed by atoms with Gasteiger partial charge in [-0.1, -0.05) is 12.1 Å². The van der Waals surface area contributed by atoms with E-state index in [1.54, 1.807) is 0 Å². The number of hydrogen-bond donors (Lipinski definition) is 2. The Bertz CT molecular complexity index is 735. The topological polar surface area (TPSA) is 81.1 Å². The van der Waals surface area contributed by atoms with Crippen LogP contribution in [0.3, 0.4) is 0 Å². The van der Waals surface area contributed by atoms with Gasteiger partial charge in [0, 0.05) is 5.69 Å². The van der Waals surface area contributed by atoms with Gasteiger partial charge >= 0.3 is 0 Å². The summed E-state index contributed by atoms with van der Waals surface area (Å²) in [5.74, 6) is 0.559. The minimum atomic E-state index is -0.238. The Morgan fingerprint density at radius 2 is 2.04 bits per heavy atom. The molecule has 1 saturated heterocycles. The van der Waals surface area contributed by atoms with E-state index in [1.807, 2.05) is 42.8 Å². The molecule has 0 spiro atoms. The molecule has 2 aromatic rings. The van der Waals surface area contributed by atoms with Gasteiger partial charge < -0.3 is 15.4 Å². The van der Waals surface area contributed by atoms with Crippen LogP contribution in [0.5, 0.6) is 5.75 Å². The molecule has 1 aliphatic heterocycles. The number of benzene rings is 1. The summed E-state index contributed by atoms with van der Waals surface area (Å²) in [5, 5.41) is 14.5. The van der Waals surface area contributed by atoms with Gasteiger partial charge in [0.2, 0.25) is 0 Å². The number of anilines is 1. The zero-order valence-electron chi connectivity index (χ0n) is 15.7. The maximum atomic E-state index is 12.6. The molecule has 2 N–H and O–H groups in total. The monoisotopic (exact) mass is 357 g/mol. The molecule has 1 atom stereocenters. The first-order valence-electron chi connectivity index (χ1n) is 9.29. The summed E-state index contributed by atoms with van der Waals surface area (Å²) < 4.78 is 7.64. The highest BCUT2D eigenvalue weighted by molar-refractivity contribution is 6.03. The van der Waals surface area contributed by atoms with Crippen molar-refractivity contribution in [1.82, 2.24) is 20.3 Å². The number of ether oxygens (including phenoxy) is 1. The first-order valence-corrected chi connectivity index (χ1v) is 9.29. The van der Waals surface area contributed by atoms with Crippen LogP contribution in [0.2, 0.25) is 0 Å². The summed E-state index contributed by atoms with van der Waals surface area (Å²) in [6.07, 6.45) is 3.12. The fraction of sp³-hybridized carbons (Fsp3) is 0.526. The lowest BCUT2D eigenvalue weighted by atomic mass is 10.1. The highest BCUT2D eigenvalue weighted by Crippen LogP contribution is 2.22. The standard InChI is InChI=1S/C19H27N5O2/c1-4-13(2)26-17-7-5-15(6-8-17)21-19(25)18-14(3)24(23-22-18)16-9-11-20-12-10-16/h5-8,13,16,20H,4,9-12H2,1-3H3,(H,21,25). The predicted molar refractivity (Wildman–Crippen MR) is 101 cm³/mol. The van der Waals surface area contributed by atoms with Gasteiger partial charge in [0.25, 0.3) is 5.91 Å². The Morgan fingerprint density at radius 3 is 2.69 bits per heavy atom. The molecule has 2 heterocycles. The van der Waals surface area contributed by atoms with E-state index >= 15 is 0 Å². The van der Waals surface area contributed by atoms with Gasteiger partial charge in [-0.3, -0.25) is 4.79 Å². The van der Waals surface area contributed by atoms with E-state index in [4.69, 9.17) is 4.74 Å². The van der Waals surface area contributed by atoms with Crippen LogP contribution in [0.1, 0.15) is 55.3 Å². The van der Waals surface area contributed by atoms with Crippen LogP contribution in [-0.4, -0.2) is 40.1 Å². The van der Waals surface area contributed by atoms with Gasteiger partial charge in [-0.15, -0.1) is 5.10 Å². The summed E-state index contributed by atoms with van der Waals surface area (Å²) in [4.78, 5) is 12.6. The van der Waals surface area contributed by atoms with Gasteiger partial charge in [-0.05, 0) is 70.5 Å². The Kier molecular flexibility index (Phi) is 5.88. The van der Waals surface area contributed by atoms with Crippen LogP contribution in [-0.2, 0) is 0 Å². The molecule has 3 rings (SSSR count). The van der Waals surface area contributed by atoms with Crippen LogP contribution in [0.4, 0.5) is 5.69 Å². The molecule has 1 amide bonds. The lowest BCUT2D eigenvalue weighted by Gasteiger charge is -2.23. The zero-order chi connectivity index (χ0) is 18.5. The molecule has 1 unspecified atom stereocenters. The number of carbonyl (C=O) groups excluding carboxylic acids is 1. The molecule has 140 valence electrons. The molecule has 7 nitrogen and oxygen atoms in total. The summed E-state index contributed by atoms with van der Waals surface area (Å²) in [5.41, 5.74) is 1.90. The number of piperidine rings is 1. The van der Waals surface area contributed by atoms with Crippen molar-refractivity contribution in [2.75, 3.05) is 18.4 Å². The van der Waals surface area contributed by atoms with Crippen molar-refractivity contribution in [2.45, 2.75) is 52.2 Å². The van der Waals surface area contributed by atoms with Crippen LogP contribution < -0.4 is 15.4 Å². The molecule has 1 aromatic heterocycles. The average Bonchev–Trinajstić information content (AvgIpc) is 3.05. The van der Waals surface area contributed by atoms with Gasteiger partial charge in [-0.2, -0.15) is 0 Å². The number of rotatable bonds is 6. The van der Waals surface area contributed by atoms with Crippen LogP contribution >= 0.6 is 0 Å². The maximum Gasteiger partial charge on any atom is 0.278 e. The van der Waals surface area contributed by atoms with Crippen LogP contribution in [0, 0.1) is 6.92 Å². The maximum absolute atomic E-state index is 12.6. The third kappa shape index (κ3) is 4.22. The summed E-state index contributed by atoms with van der Waals surface area (Å²) >= 11 is 0. The number of aromatic nitrogens is 3. The number of amides is 1. The largest absolute Gasteiger partial charge is 0.491 e. The molecule has 1 aromatic carbocycles.